The number of nitrogens with one attached hydrogen (secondary N) is 1. The van der Waals surface area contributed by atoms with Crippen molar-refractivity contribution in [1.82, 2.24) is 5.32 Å². The van der Waals surface area contributed by atoms with Gasteiger partial charge in [-0.15, -0.1) is 0 Å². The summed E-state index contributed by atoms with van der Waals surface area (Å²) in [6.07, 6.45) is 1.20. The van der Waals surface area contributed by atoms with Crippen LogP contribution in [0, 0.1) is 17.0 Å². The lowest BCUT2D eigenvalue weighted by atomic mass is 9.81. The molecule has 1 saturated heterocycles. The Morgan fingerprint density at radius 3 is 2.45 bits per heavy atom. The van der Waals surface area contributed by atoms with E-state index in [0.717, 1.165) is 12.1 Å². The van der Waals surface area contributed by atoms with E-state index in [1.165, 1.54) is 6.07 Å². The van der Waals surface area contributed by atoms with Crippen LogP contribution in [0.15, 0.2) is 18.2 Å². The zero-order valence-corrected chi connectivity index (χ0v) is 11.0. The minimum atomic E-state index is -0.896. The molecule has 0 radical (unpaired) electrons. The number of rotatable bonds is 4. The van der Waals surface area contributed by atoms with Crippen LogP contribution in [0.4, 0.5) is 8.78 Å². The molecule has 0 aliphatic carbocycles. The Balaban J connectivity index is 2.04. The van der Waals surface area contributed by atoms with E-state index in [1.54, 1.807) is 0 Å². The molecule has 0 aromatic heterocycles. The predicted molar refractivity (Wildman–Crippen MR) is 68.3 cm³/mol. The van der Waals surface area contributed by atoms with E-state index in [1.807, 2.05) is 0 Å². The number of carbonyl (C=O) groups is 1. The van der Waals surface area contributed by atoms with E-state index in [-0.39, 0.29) is 13.2 Å². The average Bonchev–Trinajstić information content (AvgIpc) is 2.46. The summed E-state index contributed by atoms with van der Waals surface area (Å²) in [4.78, 5) is 11.9. The number of amides is 1. The lowest BCUT2D eigenvalue weighted by molar-refractivity contribution is -0.0146. The van der Waals surface area contributed by atoms with Gasteiger partial charge in [-0.2, -0.15) is 0 Å². The van der Waals surface area contributed by atoms with Gasteiger partial charge in [-0.25, -0.2) is 8.78 Å². The standard InChI is InChI=1S/C14H17F2NO3/c15-10-2-1-3-11(16)12(10)13(19)17-8-14(9-18)4-6-20-7-5-14/h1-3,18H,4-9H2,(H,17,19). The third-order valence-electron chi connectivity index (χ3n) is 3.70. The van der Waals surface area contributed by atoms with Gasteiger partial charge in [0.25, 0.3) is 5.91 Å². The molecule has 1 heterocycles. The normalized spacial score (nSPS) is 17.8. The number of halogens is 2. The molecular weight excluding hydrogens is 268 g/mol. The van der Waals surface area contributed by atoms with Crippen LogP contribution >= 0.6 is 0 Å². The van der Waals surface area contributed by atoms with Crippen LogP contribution in [0.5, 0.6) is 0 Å². The van der Waals surface area contributed by atoms with E-state index < -0.39 is 28.5 Å². The van der Waals surface area contributed by atoms with Crippen molar-refractivity contribution in [2.24, 2.45) is 5.41 Å². The van der Waals surface area contributed by atoms with Crippen LogP contribution in [0.2, 0.25) is 0 Å². The van der Waals surface area contributed by atoms with E-state index in [0.29, 0.717) is 26.1 Å². The second-order valence-electron chi connectivity index (χ2n) is 5.05. The molecule has 0 spiro atoms. The predicted octanol–water partition coefficient (Wildman–Crippen LogP) is 1.48. The van der Waals surface area contributed by atoms with Gasteiger partial charge in [-0.1, -0.05) is 6.07 Å². The first-order valence-electron chi connectivity index (χ1n) is 6.49. The Kier molecular flexibility index (Phi) is 4.67. The molecule has 4 nitrogen and oxygen atoms in total. The SMILES string of the molecule is O=C(NCC1(CO)CCOCC1)c1c(F)cccc1F. The highest BCUT2D eigenvalue weighted by Crippen LogP contribution is 2.29. The van der Waals surface area contributed by atoms with Gasteiger partial charge in [-0.3, -0.25) is 4.79 Å². The minimum Gasteiger partial charge on any atom is -0.396 e. The molecule has 2 rings (SSSR count). The third kappa shape index (κ3) is 3.13. The van der Waals surface area contributed by atoms with Gasteiger partial charge < -0.3 is 15.2 Å². The fraction of sp³-hybridized carbons (Fsp3) is 0.500. The number of aliphatic hydroxyl groups excluding tert-OH is 1. The Morgan fingerprint density at radius 1 is 1.30 bits per heavy atom. The molecule has 1 amide bonds. The monoisotopic (exact) mass is 285 g/mol. The van der Waals surface area contributed by atoms with E-state index in [4.69, 9.17) is 4.74 Å². The first-order chi connectivity index (χ1) is 9.58. The molecule has 0 unspecified atom stereocenters. The molecule has 0 bridgehead atoms. The van der Waals surface area contributed by atoms with Gasteiger partial charge in [-0.05, 0) is 25.0 Å². The van der Waals surface area contributed by atoms with Crippen LogP contribution in [0.25, 0.3) is 0 Å². The largest absolute Gasteiger partial charge is 0.396 e. The van der Waals surface area contributed by atoms with Crippen molar-refractivity contribution in [3.8, 4) is 0 Å². The second kappa shape index (κ2) is 6.28. The van der Waals surface area contributed by atoms with Crippen molar-refractivity contribution in [1.29, 1.82) is 0 Å². The van der Waals surface area contributed by atoms with Crippen molar-refractivity contribution in [2.45, 2.75) is 12.8 Å². The maximum absolute atomic E-state index is 13.5. The number of carbonyl (C=O) groups excluding carboxylic acids is 1. The smallest absolute Gasteiger partial charge is 0.257 e. The van der Waals surface area contributed by atoms with Gasteiger partial charge in [0.05, 0.1) is 6.61 Å². The van der Waals surface area contributed by atoms with Gasteiger partial charge in [0.1, 0.15) is 17.2 Å². The molecule has 0 atom stereocenters. The summed E-state index contributed by atoms with van der Waals surface area (Å²) in [6, 6.07) is 3.28. The van der Waals surface area contributed by atoms with E-state index in [9.17, 15) is 18.7 Å². The van der Waals surface area contributed by atoms with Crippen LogP contribution in [-0.2, 0) is 4.74 Å². The maximum atomic E-state index is 13.5. The quantitative estimate of drug-likeness (QED) is 0.881. The number of aliphatic hydroxyl groups is 1. The second-order valence-corrected chi connectivity index (χ2v) is 5.05. The summed E-state index contributed by atoms with van der Waals surface area (Å²) in [5.41, 5.74) is -1.07. The summed E-state index contributed by atoms with van der Waals surface area (Å²) < 4.78 is 32.2. The van der Waals surface area contributed by atoms with Crippen molar-refractivity contribution >= 4 is 5.91 Å². The zero-order valence-electron chi connectivity index (χ0n) is 11.0. The summed E-state index contributed by atoms with van der Waals surface area (Å²) in [7, 11) is 0. The Hall–Kier alpha value is -1.53. The number of hydrogen-bond acceptors (Lipinski definition) is 3. The summed E-state index contributed by atoms with van der Waals surface area (Å²) in [5, 5.41) is 12.0. The van der Waals surface area contributed by atoms with Crippen LogP contribution in [0.3, 0.4) is 0 Å². The van der Waals surface area contributed by atoms with Gasteiger partial charge in [0.2, 0.25) is 0 Å². The topological polar surface area (TPSA) is 58.6 Å². The lowest BCUT2D eigenvalue weighted by Gasteiger charge is -2.35. The molecule has 1 aromatic carbocycles. The molecule has 1 aromatic rings. The number of benzene rings is 1. The molecular formula is C14H17F2NO3. The summed E-state index contributed by atoms with van der Waals surface area (Å²) in [6.45, 7) is 1.07. The fourth-order valence-electron chi connectivity index (χ4n) is 2.27. The van der Waals surface area contributed by atoms with Crippen molar-refractivity contribution in [3.63, 3.8) is 0 Å². The molecule has 2 N–H and O–H groups in total. The van der Waals surface area contributed by atoms with E-state index >= 15 is 0 Å². The van der Waals surface area contributed by atoms with Gasteiger partial charge >= 0.3 is 0 Å². The maximum Gasteiger partial charge on any atom is 0.257 e. The molecule has 20 heavy (non-hydrogen) atoms. The Morgan fingerprint density at radius 2 is 1.90 bits per heavy atom. The van der Waals surface area contributed by atoms with Crippen molar-refractivity contribution in [3.05, 3.63) is 35.4 Å². The van der Waals surface area contributed by atoms with Crippen LogP contribution < -0.4 is 5.32 Å². The first kappa shape index (κ1) is 14.9. The zero-order chi connectivity index (χ0) is 14.6. The van der Waals surface area contributed by atoms with Crippen LogP contribution in [0.1, 0.15) is 23.2 Å². The molecule has 1 aliphatic heterocycles. The Labute approximate surface area is 115 Å². The highest BCUT2D eigenvalue weighted by Gasteiger charge is 2.33. The summed E-state index contributed by atoms with van der Waals surface area (Å²) >= 11 is 0. The van der Waals surface area contributed by atoms with Crippen LogP contribution in [-0.4, -0.2) is 37.4 Å². The van der Waals surface area contributed by atoms with Gasteiger partial charge in [0.15, 0.2) is 0 Å². The highest BCUT2D eigenvalue weighted by atomic mass is 19.1. The molecule has 6 heteroatoms. The summed E-state index contributed by atoms with van der Waals surface area (Å²) in [5.74, 6) is -2.60. The van der Waals surface area contributed by atoms with E-state index in [2.05, 4.69) is 5.32 Å². The molecule has 1 aliphatic rings. The molecule has 1 fully saturated rings. The highest BCUT2D eigenvalue weighted by molar-refractivity contribution is 5.94. The lowest BCUT2D eigenvalue weighted by Crippen LogP contribution is -2.44. The third-order valence-corrected chi connectivity index (χ3v) is 3.70. The van der Waals surface area contributed by atoms with Crippen molar-refractivity contribution in [2.75, 3.05) is 26.4 Å². The molecule has 0 saturated carbocycles. The fourth-order valence-corrected chi connectivity index (χ4v) is 2.27. The first-order valence-corrected chi connectivity index (χ1v) is 6.49. The molecule has 110 valence electrons. The Bertz CT molecular complexity index is 467. The van der Waals surface area contributed by atoms with Crippen molar-refractivity contribution < 1.29 is 23.4 Å². The minimum absolute atomic E-state index is 0.101. The average molecular weight is 285 g/mol. The number of hydrogen-bond donors (Lipinski definition) is 2. The van der Waals surface area contributed by atoms with Gasteiger partial charge in [0, 0.05) is 25.2 Å². The number of ether oxygens (including phenoxy) is 1.